The fraction of sp³-hybridized carbons (Fsp3) is 0.750. The van der Waals surface area contributed by atoms with Crippen LogP contribution in [0.1, 0.15) is 147 Å². The Morgan fingerprint density at radius 2 is 1.68 bits per heavy atom. The topological polar surface area (TPSA) is 34.1 Å². The highest BCUT2D eigenvalue weighted by atomic mass is 16.1. The highest BCUT2D eigenvalue weighted by molar-refractivity contribution is 6.02. The molecule has 1 aromatic carbocycles. The summed E-state index contributed by atoms with van der Waals surface area (Å²) >= 11 is 0. The SMILES string of the molecule is CCCC(C)(C)C(=O)C1(C)CCCC2(C)c3cc(C(=O)C(C)(C)CC)c(C(C)C)cc3CCC12. The number of rotatable bonds is 8. The molecule has 2 aliphatic rings. The molecule has 0 radical (unpaired) electrons. The molecule has 2 nitrogen and oxygen atoms in total. The van der Waals surface area contributed by atoms with E-state index in [4.69, 9.17) is 0 Å². The van der Waals surface area contributed by atoms with Gasteiger partial charge in [-0.2, -0.15) is 0 Å². The van der Waals surface area contributed by atoms with Crippen LogP contribution in [-0.2, 0) is 16.6 Å². The minimum Gasteiger partial charge on any atom is -0.298 e. The maximum Gasteiger partial charge on any atom is 0.168 e. The molecular formula is C32H50O2. The Morgan fingerprint density at radius 1 is 1.03 bits per heavy atom. The van der Waals surface area contributed by atoms with Crippen LogP contribution < -0.4 is 0 Å². The van der Waals surface area contributed by atoms with E-state index < -0.39 is 0 Å². The van der Waals surface area contributed by atoms with Gasteiger partial charge in [0.25, 0.3) is 0 Å². The molecule has 0 spiro atoms. The van der Waals surface area contributed by atoms with Crippen LogP contribution in [0.25, 0.3) is 0 Å². The Kier molecular flexibility index (Phi) is 7.36. The summed E-state index contributed by atoms with van der Waals surface area (Å²) in [6.45, 7) is 21.9. The number of carbonyl (C=O) groups is 2. The molecule has 0 heterocycles. The molecular weight excluding hydrogens is 416 g/mol. The fourth-order valence-electron chi connectivity index (χ4n) is 7.52. The minimum atomic E-state index is -0.367. The number of carbonyl (C=O) groups excluding carboxylic acids is 2. The van der Waals surface area contributed by atoms with Gasteiger partial charge in [0.2, 0.25) is 0 Å². The predicted octanol–water partition coefficient (Wildman–Crippen LogP) is 8.83. The van der Waals surface area contributed by atoms with E-state index in [9.17, 15) is 9.59 Å². The summed E-state index contributed by atoms with van der Waals surface area (Å²) < 4.78 is 0. The van der Waals surface area contributed by atoms with Gasteiger partial charge in [0.15, 0.2) is 5.78 Å². The fourth-order valence-corrected chi connectivity index (χ4v) is 7.52. The maximum atomic E-state index is 14.1. The van der Waals surface area contributed by atoms with Gasteiger partial charge < -0.3 is 0 Å². The molecule has 1 fully saturated rings. The van der Waals surface area contributed by atoms with Crippen LogP contribution in [0.5, 0.6) is 0 Å². The van der Waals surface area contributed by atoms with Gasteiger partial charge in [-0.15, -0.1) is 0 Å². The van der Waals surface area contributed by atoms with Gasteiger partial charge in [-0.25, -0.2) is 0 Å². The summed E-state index contributed by atoms with van der Waals surface area (Å²) in [5.74, 6) is 1.38. The van der Waals surface area contributed by atoms with E-state index >= 15 is 0 Å². The number of ketones is 2. The first-order chi connectivity index (χ1) is 15.7. The van der Waals surface area contributed by atoms with Crippen molar-refractivity contribution >= 4 is 11.6 Å². The second-order valence-corrected chi connectivity index (χ2v) is 13.6. The summed E-state index contributed by atoms with van der Waals surface area (Å²) in [7, 11) is 0. The zero-order valence-corrected chi connectivity index (χ0v) is 23.8. The number of hydrogen-bond acceptors (Lipinski definition) is 2. The van der Waals surface area contributed by atoms with E-state index in [1.807, 2.05) is 0 Å². The van der Waals surface area contributed by atoms with Crippen molar-refractivity contribution in [3.05, 3.63) is 34.4 Å². The van der Waals surface area contributed by atoms with E-state index in [-0.39, 0.29) is 27.4 Å². The van der Waals surface area contributed by atoms with Gasteiger partial charge in [-0.1, -0.05) is 88.1 Å². The van der Waals surface area contributed by atoms with Gasteiger partial charge in [0.1, 0.15) is 5.78 Å². The Balaban J connectivity index is 2.16. The third-order valence-corrected chi connectivity index (χ3v) is 9.90. The summed E-state index contributed by atoms with van der Waals surface area (Å²) in [6.07, 6.45) is 8.07. The lowest BCUT2D eigenvalue weighted by molar-refractivity contribution is -0.146. The molecule has 2 aliphatic carbocycles. The first-order valence-corrected chi connectivity index (χ1v) is 13.9. The van der Waals surface area contributed by atoms with E-state index in [1.165, 1.54) is 16.7 Å². The monoisotopic (exact) mass is 466 g/mol. The average molecular weight is 467 g/mol. The lowest BCUT2D eigenvalue weighted by atomic mass is 9.47. The number of benzene rings is 1. The van der Waals surface area contributed by atoms with Crippen LogP contribution in [-0.4, -0.2) is 11.6 Å². The van der Waals surface area contributed by atoms with E-state index in [0.717, 1.165) is 56.9 Å². The van der Waals surface area contributed by atoms with Crippen LogP contribution in [0.3, 0.4) is 0 Å². The molecule has 0 bridgehead atoms. The lowest BCUT2D eigenvalue weighted by Crippen LogP contribution is -2.55. The summed E-state index contributed by atoms with van der Waals surface area (Å²) in [6, 6.07) is 4.64. The smallest absolute Gasteiger partial charge is 0.168 e. The van der Waals surface area contributed by atoms with Crippen LogP contribution in [0, 0.1) is 22.2 Å². The van der Waals surface area contributed by atoms with Crippen LogP contribution in [0.4, 0.5) is 0 Å². The number of aryl methyl sites for hydroxylation is 1. The van der Waals surface area contributed by atoms with Crippen molar-refractivity contribution in [2.24, 2.45) is 22.2 Å². The molecule has 2 heteroatoms. The zero-order valence-electron chi connectivity index (χ0n) is 23.8. The molecule has 0 aliphatic heterocycles. The van der Waals surface area contributed by atoms with Gasteiger partial charge in [-0.3, -0.25) is 9.59 Å². The quantitative estimate of drug-likeness (QED) is 0.359. The van der Waals surface area contributed by atoms with Crippen molar-refractivity contribution in [2.45, 2.75) is 132 Å². The second kappa shape index (κ2) is 9.21. The Morgan fingerprint density at radius 3 is 2.24 bits per heavy atom. The van der Waals surface area contributed by atoms with E-state index in [2.05, 4.69) is 81.4 Å². The molecule has 34 heavy (non-hydrogen) atoms. The highest BCUT2D eigenvalue weighted by Gasteiger charge is 2.57. The third kappa shape index (κ3) is 4.33. The number of Topliss-reactive ketones (excluding diaryl/α,β-unsaturated/α-hetero) is 2. The predicted molar refractivity (Wildman–Crippen MR) is 144 cm³/mol. The van der Waals surface area contributed by atoms with Crippen molar-refractivity contribution in [3.8, 4) is 0 Å². The third-order valence-electron chi connectivity index (χ3n) is 9.90. The minimum absolute atomic E-state index is 0.0561. The van der Waals surface area contributed by atoms with Gasteiger partial charge >= 0.3 is 0 Å². The van der Waals surface area contributed by atoms with Crippen molar-refractivity contribution in [3.63, 3.8) is 0 Å². The Hall–Kier alpha value is -1.44. The van der Waals surface area contributed by atoms with E-state index in [1.54, 1.807) is 0 Å². The van der Waals surface area contributed by atoms with Gasteiger partial charge in [0, 0.05) is 21.8 Å². The molecule has 1 aromatic rings. The molecule has 190 valence electrons. The Labute approximate surface area is 209 Å². The van der Waals surface area contributed by atoms with Crippen molar-refractivity contribution in [1.29, 1.82) is 0 Å². The molecule has 0 aromatic heterocycles. The molecule has 3 rings (SSSR count). The molecule has 0 N–H and O–H groups in total. The second-order valence-electron chi connectivity index (χ2n) is 13.6. The van der Waals surface area contributed by atoms with Crippen LogP contribution in [0.15, 0.2) is 12.1 Å². The van der Waals surface area contributed by atoms with Gasteiger partial charge in [0.05, 0.1) is 0 Å². The van der Waals surface area contributed by atoms with Crippen molar-refractivity contribution in [2.75, 3.05) is 0 Å². The first-order valence-electron chi connectivity index (χ1n) is 13.9. The van der Waals surface area contributed by atoms with Crippen molar-refractivity contribution in [1.82, 2.24) is 0 Å². The number of fused-ring (bicyclic) bond motifs is 3. The average Bonchev–Trinajstić information content (AvgIpc) is 2.77. The molecule has 0 saturated heterocycles. The highest BCUT2D eigenvalue weighted by Crippen LogP contribution is 2.59. The molecule has 3 atom stereocenters. The first kappa shape index (κ1) is 27.2. The maximum absolute atomic E-state index is 14.1. The van der Waals surface area contributed by atoms with E-state index in [0.29, 0.717) is 17.6 Å². The lowest BCUT2D eigenvalue weighted by Gasteiger charge is -2.56. The normalized spacial score (nSPS) is 27.3. The largest absolute Gasteiger partial charge is 0.298 e. The van der Waals surface area contributed by atoms with Gasteiger partial charge in [-0.05, 0) is 78.5 Å². The Bertz CT molecular complexity index is 950. The zero-order chi connectivity index (χ0) is 25.7. The summed E-state index contributed by atoms with van der Waals surface area (Å²) in [5.41, 5.74) is 3.89. The van der Waals surface area contributed by atoms with Crippen molar-refractivity contribution < 1.29 is 9.59 Å². The molecule has 3 unspecified atom stereocenters. The summed E-state index contributed by atoms with van der Waals surface area (Å²) in [5, 5.41) is 0. The molecule has 0 amide bonds. The van der Waals surface area contributed by atoms with Crippen LogP contribution in [0.2, 0.25) is 0 Å². The van der Waals surface area contributed by atoms with Crippen LogP contribution >= 0.6 is 0 Å². The standard InChI is InChI=1S/C32H50O2/c1-11-16-30(7,8)28(34)32(10)18-13-17-31(9)25-20-24(27(33)29(5,6)12-2)23(21(3)4)19-22(25)14-15-26(31)32/h19-21,26H,11-18H2,1-10H3. The summed E-state index contributed by atoms with van der Waals surface area (Å²) in [4.78, 5) is 27.8. The molecule has 1 saturated carbocycles. The number of hydrogen-bond donors (Lipinski definition) is 0.